The van der Waals surface area contributed by atoms with E-state index in [-0.39, 0.29) is 36.6 Å². The summed E-state index contributed by atoms with van der Waals surface area (Å²) in [5, 5.41) is 6.24. The molecular weight excluding hydrogens is 415 g/mol. The maximum Gasteiger partial charge on any atom is 0.254 e. The van der Waals surface area contributed by atoms with Gasteiger partial charge in [0.15, 0.2) is 0 Å². The third-order valence-corrected chi connectivity index (χ3v) is 5.55. The average Bonchev–Trinajstić information content (AvgIpc) is 2.73. The Kier molecular flexibility index (Phi) is 10.9. The van der Waals surface area contributed by atoms with Crippen LogP contribution in [-0.2, 0) is 20.9 Å². The number of nitrogens with one attached hydrogen (secondary N) is 2. The van der Waals surface area contributed by atoms with E-state index in [1.54, 1.807) is 7.11 Å². The number of piperidine rings is 1. The van der Waals surface area contributed by atoms with Crippen LogP contribution in [0.5, 0.6) is 0 Å². The van der Waals surface area contributed by atoms with Gasteiger partial charge in [-0.3, -0.25) is 14.5 Å². The van der Waals surface area contributed by atoms with Crippen molar-refractivity contribution in [2.75, 3.05) is 52.9 Å². The quantitative estimate of drug-likeness (QED) is 0.683. The number of nitrogens with zero attached hydrogens (tertiary/aromatic N) is 2. The van der Waals surface area contributed by atoms with Crippen LogP contribution in [0.1, 0.15) is 18.4 Å². The number of halogens is 2. The van der Waals surface area contributed by atoms with E-state index in [2.05, 4.69) is 15.5 Å². The lowest BCUT2D eigenvalue weighted by molar-refractivity contribution is -0.160. The first-order chi connectivity index (χ1) is 13.1. The SMILES string of the molecule is COC1(C(=O)N2CCN(CC(=O)NCc3ccccc3)CC2)CCNCC1.Cl.Cl. The summed E-state index contributed by atoms with van der Waals surface area (Å²) < 4.78 is 5.65. The zero-order valence-corrected chi connectivity index (χ0v) is 18.5. The standard InChI is InChI=1S/C20H30N4O3.2ClH/c1-27-20(7-9-21-10-8-20)19(26)24-13-11-23(12-14-24)16-18(25)22-15-17-5-3-2-4-6-17;;/h2-6,21H,7-16H2,1H3,(H,22,25);2*1H. The van der Waals surface area contributed by atoms with Gasteiger partial charge in [-0.1, -0.05) is 30.3 Å². The van der Waals surface area contributed by atoms with E-state index in [1.165, 1.54) is 0 Å². The molecule has 2 amide bonds. The predicted octanol–water partition coefficient (Wildman–Crippen LogP) is 1.06. The van der Waals surface area contributed by atoms with E-state index >= 15 is 0 Å². The van der Waals surface area contributed by atoms with Crippen LogP contribution in [0.15, 0.2) is 30.3 Å². The molecule has 0 spiro atoms. The van der Waals surface area contributed by atoms with Crippen molar-refractivity contribution < 1.29 is 14.3 Å². The van der Waals surface area contributed by atoms with Crippen molar-refractivity contribution in [3.8, 4) is 0 Å². The summed E-state index contributed by atoms with van der Waals surface area (Å²) >= 11 is 0. The smallest absolute Gasteiger partial charge is 0.254 e. The fourth-order valence-electron chi connectivity index (χ4n) is 3.79. The largest absolute Gasteiger partial charge is 0.368 e. The second kappa shape index (κ2) is 12.3. The van der Waals surface area contributed by atoms with Crippen molar-refractivity contribution >= 4 is 36.6 Å². The number of rotatable bonds is 6. The molecule has 2 fully saturated rings. The van der Waals surface area contributed by atoms with Gasteiger partial charge in [0.05, 0.1) is 6.54 Å². The lowest BCUT2D eigenvalue weighted by atomic mass is 9.90. The Bertz CT molecular complexity index is 634. The van der Waals surface area contributed by atoms with Crippen molar-refractivity contribution in [2.24, 2.45) is 0 Å². The van der Waals surface area contributed by atoms with E-state index in [9.17, 15) is 9.59 Å². The molecule has 2 N–H and O–H groups in total. The van der Waals surface area contributed by atoms with Gasteiger partial charge >= 0.3 is 0 Å². The molecule has 9 heteroatoms. The fraction of sp³-hybridized carbons (Fsp3) is 0.600. The number of carbonyl (C=O) groups excluding carboxylic acids is 2. The Labute approximate surface area is 185 Å². The monoisotopic (exact) mass is 446 g/mol. The highest BCUT2D eigenvalue weighted by molar-refractivity contribution is 5.86. The molecule has 1 aromatic carbocycles. The Balaban J connectivity index is 0.00000210. The second-order valence-electron chi connectivity index (χ2n) is 7.28. The molecule has 164 valence electrons. The molecule has 0 radical (unpaired) electrons. The van der Waals surface area contributed by atoms with Crippen LogP contribution in [0.3, 0.4) is 0 Å². The summed E-state index contributed by atoms with van der Waals surface area (Å²) in [6.07, 6.45) is 1.43. The summed E-state index contributed by atoms with van der Waals surface area (Å²) in [7, 11) is 1.64. The number of carbonyl (C=O) groups is 2. The lowest BCUT2D eigenvalue weighted by Crippen LogP contribution is -2.59. The topological polar surface area (TPSA) is 73.9 Å². The number of methoxy groups -OCH3 is 1. The second-order valence-corrected chi connectivity index (χ2v) is 7.28. The molecule has 1 aromatic rings. The normalized spacial score (nSPS) is 18.9. The van der Waals surface area contributed by atoms with Crippen molar-refractivity contribution in [3.63, 3.8) is 0 Å². The van der Waals surface area contributed by atoms with E-state index in [0.29, 0.717) is 52.1 Å². The van der Waals surface area contributed by atoms with Gasteiger partial charge in [-0.2, -0.15) is 0 Å². The van der Waals surface area contributed by atoms with Crippen molar-refractivity contribution in [1.82, 2.24) is 20.4 Å². The Hall–Kier alpha value is -1.38. The molecule has 29 heavy (non-hydrogen) atoms. The molecule has 0 saturated carbocycles. The van der Waals surface area contributed by atoms with Gasteiger partial charge in [-0.25, -0.2) is 0 Å². The molecule has 7 nitrogen and oxygen atoms in total. The highest BCUT2D eigenvalue weighted by Crippen LogP contribution is 2.25. The molecule has 0 unspecified atom stereocenters. The number of hydrogen-bond donors (Lipinski definition) is 2. The molecule has 0 bridgehead atoms. The van der Waals surface area contributed by atoms with Crippen LogP contribution < -0.4 is 10.6 Å². The molecule has 0 aliphatic carbocycles. The highest BCUT2D eigenvalue weighted by Gasteiger charge is 2.43. The zero-order chi connectivity index (χ0) is 19.1. The first-order valence-corrected chi connectivity index (χ1v) is 9.71. The highest BCUT2D eigenvalue weighted by atomic mass is 35.5. The molecular formula is C20H32Cl2N4O3. The van der Waals surface area contributed by atoms with Crippen LogP contribution >= 0.6 is 24.8 Å². The molecule has 3 rings (SSSR count). The first kappa shape index (κ1) is 25.7. The molecule has 2 aliphatic rings. The average molecular weight is 447 g/mol. The number of piperazine rings is 1. The van der Waals surface area contributed by atoms with Crippen molar-refractivity contribution in [3.05, 3.63) is 35.9 Å². The van der Waals surface area contributed by atoms with E-state index < -0.39 is 5.60 Å². The maximum atomic E-state index is 13.0. The van der Waals surface area contributed by atoms with Crippen LogP contribution in [0.4, 0.5) is 0 Å². The van der Waals surface area contributed by atoms with Gasteiger partial charge in [-0.15, -0.1) is 24.8 Å². The summed E-state index contributed by atoms with van der Waals surface area (Å²) in [6, 6.07) is 9.89. The summed E-state index contributed by atoms with van der Waals surface area (Å²) in [5.41, 5.74) is 0.411. The molecule has 2 saturated heterocycles. The Morgan fingerprint density at radius 1 is 1.07 bits per heavy atom. The minimum Gasteiger partial charge on any atom is -0.368 e. The van der Waals surface area contributed by atoms with Gasteiger partial charge < -0.3 is 20.3 Å². The number of ether oxygens (including phenoxy) is 1. The molecule has 2 heterocycles. The van der Waals surface area contributed by atoms with E-state index in [0.717, 1.165) is 18.7 Å². The minimum absolute atomic E-state index is 0. The summed E-state index contributed by atoms with van der Waals surface area (Å²) in [6.45, 7) is 5.23. The Morgan fingerprint density at radius 3 is 2.28 bits per heavy atom. The predicted molar refractivity (Wildman–Crippen MR) is 118 cm³/mol. The van der Waals surface area contributed by atoms with Crippen molar-refractivity contribution in [2.45, 2.75) is 25.0 Å². The van der Waals surface area contributed by atoms with Gasteiger partial charge in [0.2, 0.25) is 5.91 Å². The van der Waals surface area contributed by atoms with Gasteiger partial charge in [0.25, 0.3) is 5.91 Å². The van der Waals surface area contributed by atoms with Crippen LogP contribution in [-0.4, -0.2) is 80.1 Å². The van der Waals surface area contributed by atoms with Crippen LogP contribution in [0.2, 0.25) is 0 Å². The van der Waals surface area contributed by atoms with Crippen LogP contribution in [0, 0.1) is 0 Å². The number of benzene rings is 1. The van der Waals surface area contributed by atoms with Gasteiger partial charge in [0.1, 0.15) is 5.60 Å². The lowest BCUT2D eigenvalue weighted by Gasteiger charge is -2.42. The first-order valence-electron chi connectivity index (χ1n) is 9.71. The third-order valence-electron chi connectivity index (χ3n) is 5.55. The van der Waals surface area contributed by atoms with Crippen molar-refractivity contribution in [1.29, 1.82) is 0 Å². The Morgan fingerprint density at radius 2 is 1.69 bits per heavy atom. The fourth-order valence-corrected chi connectivity index (χ4v) is 3.79. The van der Waals surface area contributed by atoms with Crippen LogP contribution in [0.25, 0.3) is 0 Å². The van der Waals surface area contributed by atoms with E-state index in [4.69, 9.17) is 4.74 Å². The maximum absolute atomic E-state index is 13.0. The third kappa shape index (κ3) is 6.83. The summed E-state index contributed by atoms with van der Waals surface area (Å²) in [5.74, 6) is 0.116. The molecule has 2 aliphatic heterocycles. The zero-order valence-electron chi connectivity index (χ0n) is 16.9. The molecule has 0 aromatic heterocycles. The van der Waals surface area contributed by atoms with E-state index in [1.807, 2.05) is 35.2 Å². The number of hydrogen-bond acceptors (Lipinski definition) is 5. The number of amides is 2. The van der Waals surface area contributed by atoms with Gasteiger partial charge in [-0.05, 0) is 31.5 Å². The molecule has 0 atom stereocenters. The minimum atomic E-state index is -0.680. The van der Waals surface area contributed by atoms with Gasteiger partial charge in [0, 0.05) is 39.8 Å². The summed E-state index contributed by atoms with van der Waals surface area (Å²) in [4.78, 5) is 29.2.